The second-order valence-corrected chi connectivity index (χ2v) is 15.1. The van der Waals surface area contributed by atoms with Crippen LogP contribution in [-0.4, -0.2) is 43.8 Å². The topological polar surface area (TPSA) is 86.8 Å². The molecule has 0 spiro atoms. The van der Waals surface area contributed by atoms with Gasteiger partial charge in [-0.05, 0) is 92.3 Å². The number of halogens is 1. The van der Waals surface area contributed by atoms with Crippen LogP contribution in [0.25, 0.3) is 0 Å². The summed E-state index contributed by atoms with van der Waals surface area (Å²) in [6.07, 6.45) is 5.32. The van der Waals surface area contributed by atoms with E-state index in [0.29, 0.717) is 10.7 Å². The summed E-state index contributed by atoms with van der Waals surface area (Å²) < 4.78 is 29.7. The van der Waals surface area contributed by atoms with Crippen LogP contribution in [0, 0.1) is 20.8 Å². The zero-order valence-electron chi connectivity index (χ0n) is 27.9. The number of nitrogens with one attached hydrogen (secondary N) is 1. The van der Waals surface area contributed by atoms with Gasteiger partial charge < -0.3 is 10.2 Å². The third-order valence-electron chi connectivity index (χ3n) is 9.12. The van der Waals surface area contributed by atoms with E-state index < -0.39 is 28.5 Å². The quantitative estimate of drug-likeness (QED) is 0.167. The number of carbonyl (C=O) groups excluding carboxylic acids is 2. The Morgan fingerprint density at radius 3 is 2.17 bits per heavy atom. The highest BCUT2D eigenvalue weighted by molar-refractivity contribution is 7.92. The van der Waals surface area contributed by atoms with Gasteiger partial charge >= 0.3 is 0 Å². The minimum Gasteiger partial charge on any atom is -0.352 e. The highest BCUT2D eigenvalue weighted by Gasteiger charge is 2.35. The predicted octanol–water partition coefficient (Wildman–Crippen LogP) is 7.55. The Morgan fingerprint density at radius 2 is 1.50 bits per heavy atom. The number of aryl methyl sites for hydroxylation is 3. The van der Waals surface area contributed by atoms with Crippen molar-refractivity contribution < 1.29 is 18.0 Å². The molecule has 7 nitrogen and oxygen atoms in total. The molecule has 0 aromatic heterocycles. The van der Waals surface area contributed by atoms with Crippen molar-refractivity contribution in [3.8, 4) is 0 Å². The van der Waals surface area contributed by atoms with Gasteiger partial charge in [0.2, 0.25) is 11.8 Å². The van der Waals surface area contributed by atoms with Crippen molar-refractivity contribution in [3.05, 3.63) is 130 Å². The number of amides is 2. The minimum atomic E-state index is -4.21. The molecule has 0 heterocycles. The summed E-state index contributed by atoms with van der Waals surface area (Å²) in [6.45, 7) is 5.47. The predicted molar refractivity (Wildman–Crippen MR) is 193 cm³/mol. The van der Waals surface area contributed by atoms with E-state index in [0.717, 1.165) is 64.2 Å². The summed E-state index contributed by atoms with van der Waals surface area (Å²) in [5.74, 6) is -0.711. The second kappa shape index (κ2) is 15.8. The monoisotopic (exact) mass is 685 g/mol. The SMILES string of the molecule is Cc1cccc(CN(C(=O)CN(c2ccc(C)c(C)c2)S(=O)(=O)c2ccc(Cl)cc2)[C@@H](Cc2ccccc2)C(=O)NC2CCCCC2)c1. The van der Waals surface area contributed by atoms with Gasteiger partial charge in [0.1, 0.15) is 12.6 Å². The maximum absolute atomic E-state index is 14.7. The van der Waals surface area contributed by atoms with E-state index in [9.17, 15) is 18.0 Å². The first-order valence-corrected chi connectivity index (χ1v) is 18.4. The molecule has 1 N–H and O–H groups in total. The van der Waals surface area contributed by atoms with Crippen molar-refractivity contribution in [2.24, 2.45) is 0 Å². The van der Waals surface area contributed by atoms with E-state index in [1.807, 2.05) is 81.4 Å². The summed E-state index contributed by atoms with van der Waals surface area (Å²) in [5.41, 5.74) is 5.03. The molecule has 48 heavy (non-hydrogen) atoms. The first-order chi connectivity index (χ1) is 23.0. The maximum Gasteiger partial charge on any atom is 0.264 e. The van der Waals surface area contributed by atoms with Crippen molar-refractivity contribution in [2.45, 2.75) is 82.8 Å². The molecule has 252 valence electrons. The fourth-order valence-corrected chi connectivity index (χ4v) is 7.78. The number of sulfonamides is 1. The molecule has 5 rings (SSSR count). The molecule has 9 heteroatoms. The Morgan fingerprint density at radius 1 is 0.812 bits per heavy atom. The summed E-state index contributed by atoms with van der Waals surface area (Å²) >= 11 is 6.10. The zero-order valence-corrected chi connectivity index (χ0v) is 29.4. The summed E-state index contributed by atoms with van der Waals surface area (Å²) in [7, 11) is -4.21. The lowest BCUT2D eigenvalue weighted by Gasteiger charge is -2.35. The largest absolute Gasteiger partial charge is 0.352 e. The lowest BCUT2D eigenvalue weighted by atomic mass is 9.94. The third-order valence-corrected chi connectivity index (χ3v) is 11.2. The molecule has 0 saturated heterocycles. The van der Waals surface area contributed by atoms with E-state index in [2.05, 4.69) is 5.32 Å². The molecule has 0 radical (unpaired) electrons. The highest BCUT2D eigenvalue weighted by Crippen LogP contribution is 2.28. The Hall–Kier alpha value is -4.14. The lowest BCUT2D eigenvalue weighted by Crippen LogP contribution is -2.55. The first-order valence-electron chi connectivity index (χ1n) is 16.6. The first kappa shape index (κ1) is 35.2. The van der Waals surface area contributed by atoms with Crippen molar-refractivity contribution >= 4 is 39.1 Å². The molecule has 1 aliphatic rings. The van der Waals surface area contributed by atoms with Gasteiger partial charge in [-0.15, -0.1) is 0 Å². The molecule has 1 atom stereocenters. The Kier molecular flexibility index (Phi) is 11.6. The standard InChI is InChI=1S/C39H44ClN3O4S/c1-28-11-10-14-32(23-28)26-42(37(25-31-12-6-4-7-13-31)39(45)41-34-15-8-5-9-16-34)38(44)27-43(35-20-17-29(2)30(3)24-35)48(46,47)36-21-18-33(40)19-22-36/h4,6-7,10-14,17-24,34,37H,5,8-9,15-16,25-27H2,1-3H3,(H,41,45)/t37-/m0/s1. The number of hydrogen-bond donors (Lipinski definition) is 1. The summed E-state index contributed by atoms with van der Waals surface area (Å²) in [5, 5.41) is 3.66. The molecular formula is C39H44ClN3O4S. The number of anilines is 1. The van der Waals surface area contributed by atoms with Gasteiger partial charge in [0, 0.05) is 24.0 Å². The van der Waals surface area contributed by atoms with Crippen LogP contribution in [0.2, 0.25) is 5.02 Å². The molecule has 4 aromatic rings. The van der Waals surface area contributed by atoms with Gasteiger partial charge in [-0.25, -0.2) is 8.42 Å². The number of nitrogens with zero attached hydrogens (tertiary/aromatic N) is 2. The molecule has 4 aromatic carbocycles. The van der Waals surface area contributed by atoms with Crippen LogP contribution in [0.5, 0.6) is 0 Å². The second-order valence-electron chi connectivity index (χ2n) is 12.8. The average Bonchev–Trinajstić information content (AvgIpc) is 3.07. The Bertz CT molecular complexity index is 1820. The Labute approximate surface area is 290 Å². The van der Waals surface area contributed by atoms with Crippen LogP contribution in [0.1, 0.15) is 59.9 Å². The van der Waals surface area contributed by atoms with Gasteiger partial charge in [0.15, 0.2) is 0 Å². The molecule has 0 bridgehead atoms. The molecule has 1 saturated carbocycles. The van der Waals surface area contributed by atoms with E-state index in [1.165, 1.54) is 24.3 Å². The van der Waals surface area contributed by atoms with Crippen LogP contribution < -0.4 is 9.62 Å². The van der Waals surface area contributed by atoms with Gasteiger partial charge in [0.25, 0.3) is 10.0 Å². The molecule has 2 amide bonds. The molecule has 0 unspecified atom stereocenters. The number of carbonyl (C=O) groups is 2. The zero-order chi connectivity index (χ0) is 34.3. The van der Waals surface area contributed by atoms with Gasteiger partial charge in [-0.3, -0.25) is 13.9 Å². The van der Waals surface area contributed by atoms with Crippen molar-refractivity contribution in [3.63, 3.8) is 0 Å². The van der Waals surface area contributed by atoms with Crippen molar-refractivity contribution in [2.75, 3.05) is 10.8 Å². The number of hydrogen-bond acceptors (Lipinski definition) is 4. The van der Waals surface area contributed by atoms with Gasteiger partial charge in [-0.1, -0.05) is 97.1 Å². The number of benzene rings is 4. The molecule has 0 aliphatic heterocycles. The highest BCUT2D eigenvalue weighted by atomic mass is 35.5. The fraction of sp³-hybridized carbons (Fsp3) is 0.333. The normalized spacial score (nSPS) is 14.2. The summed E-state index contributed by atoms with van der Waals surface area (Å²) in [6, 6.07) is 27.9. The third kappa shape index (κ3) is 8.85. The lowest BCUT2D eigenvalue weighted by molar-refractivity contribution is -0.140. The van der Waals surface area contributed by atoms with E-state index in [4.69, 9.17) is 11.6 Å². The minimum absolute atomic E-state index is 0.0130. The van der Waals surface area contributed by atoms with E-state index >= 15 is 0 Å². The van der Waals surface area contributed by atoms with Gasteiger partial charge in [0.05, 0.1) is 10.6 Å². The summed E-state index contributed by atoms with van der Waals surface area (Å²) in [4.78, 5) is 30.6. The van der Waals surface area contributed by atoms with Crippen molar-refractivity contribution in [1.82, 2.24) is 10.2 Å². The van der Waals surface area contributed by atoms with Crippen LogP contribution in [0.4, 0.5) is 5.69 Å². The van der Waals surface area contributed by atoms with Crippen LogP contribution in [0.15, 0.2) is 102 Å². The molecule has 1 fully saturated rings. The molecule has 1 aliphatic carbocycles. The van der Waals surface area contributed by atoms with Crippen LogP contribution >= 0.6 is 11.6 Å². The van der Waals surface area contributed by atoms with Crippen LogP contribution in [0.3, 0.4) is 0 Å². The average molecular weight is 686 g/mol. The van der Waals surface area contributed by atoms with E-state index in [1.54, 1.807) is 17.0 Å². The van der Waals surface area contributed by atoms with Gasteiger partial charge in [-0.2, -0.15) is 0 Å². The van der Waals surface area contributed by atoms with Crippen LogP contribution in [-0.2, 0) is 32.6 Å². The van der Waals surface area contributed by atoms with Crippen molar-refractivity contribution in [1.29, 1.82) is 0 Å². The van der Waals surface area contributed by atoms with E-state index in [-0.39, 0.29) is 29.8 Å². The smallest absolute Gasteiger partial charge is 0.264 e. The fourth-order valence-electron chi connectivity index (χ4n) is 6.25. The molecular weight excluding hydrogens is 642 g/mol. The number of rotatable bonds is 12. The maximum atomic E-state index is 14.7. The Balaban J connectivity index is 1.58.